The van der Waals surface area contributed by atoms with Gasteiger partial charge in [-0.25, -0.2) is 0 Å². The van der Waals surface area contributed by atoms with Crippen molar-refractivity contribution in [2.24, 2.45) is 5.92 Å². The maximum Gasteiger partial charge on any atom is 0.175 e. The summed E-state index contributed by atoms with van der Waals surface area (Å²) in [5.41, 5.74) is 5.77. The molecule has 3 aromatic carbocycles. The highest BCUT2D eigenvalue weighted by Crippen LogP contribution is 2.32. The molecule has 2 nitrogen and oxygen atoms in total. The van der Waals surface area contributed by atoms with Crippen LogP contribution in [0.5, 0.6) is 0 Å². The van der Waals surface area contributed by atoms with Crippen molar-refractivity contribution in [3.05, 3.63) is 107 Å². The molecule has 0 aliphatic heterocycles. The van der Waals surface area contributed by atoms with Crippen LogP contribution >= 0.6 is 11.3 Å². The summed E-state index contributed by atoms with van der Waals surface area (Å²) in [5, 5.41) is 3.52. The van der Waals surface area contributed by atoms with Crippen LogP contribution in [0.4, 0.5) is 11.4 Å². The monoisotopic (exact) mass is 439 g/mol. The molecule has 0 bridgehead atoms. The van der Waals surface area contributed by atoms with Crippen molar-refractivity contribution < 1.29 is 4.79 Å². The summed E-state index contributed by atoms with van der Waals surface area (Å²) in [6.07, 6.45) is 0.766. The Bertz CT molecular complexity index is 1190. The van der Waals surface area contributed by atoms with Gasteiger partial charge in [0.05, 0.1) is 4.88 Å². The lowest BCUT2D eigenvalue weighted by Crippen LogP contribution is -2.12. The Labute approximate surface area is 195 Å². The Morgan fingerprint density at radius 2 is 1.53 bits per heavy atom. The van der Waals surface area contributed by atoms with E-state index in [4.69, 9.17) is 0 Å². The molecule has 0 amide bonds. The van der Waals surface area contributed by atoms with Gasteiger partial charge in [0.2, 0.25) is 0 Å². The standard InChI is InChI=1S/C29H29NOS/c1-20(2)23-11-7-13-25(18-23)30-26-14-8-12-24(19-26)27-15-16-28(32-27)29(31)21(3)17-22-9-5-4-6-10-22/h4-16,18-21,30H,17H2,1-3H3. The first-order chi connectivity index (χ1) is 15.5. The van der Waals surface area contributed by atoms with Crippen LogP contribution in [-0.2, 0) is 6.42 Å². The highest BCUT2D eigenvalue weighted by atomic mass is 32.1. The van der Waals surface area contributed by atoms with E-state index in [0.717, 1.165) is 33.1 Å². The summed E-state index contributed by atoms with van der Waals surface area (Å²) < 4.78 is 0. The fourth-order valence-corrected chi connectivity index (χ4v) is 4.88. The minimum absolute atomic E-state index is 0.0369. The number of ketones is 1. The van der Waals surface area contributed by atoms with Crippen molar-refractivity contribution in [2.75, 3.05) is 5.32 Å². The first-order valence-electron chi connectivity index (χ1n) is 11.1. The van der Waals surface area contributed by atoms with Crippen LogP contribution in [-0.4, -0.2) is 5.78 Å². The summed E-state index contributed by atoms with van der Waals surface area (Å²) in [5.74, 6) is 0.671. The van der Waals surface area contributed by atoms with Crippen LogP contribution in [0.15, 0.2) is 91.0 Å². The average molecular weight is 440 g/mol. The van der Waals surface area contributed by atoms with Crippen molar-refractivity contribution in [2.45, 2.75) is 33.1 Å². The van der Waals surface area contributed by atoms with Crippen LogP contribution in [0.25, 0.3) is 10.4 Å². The number of thiophene rings is 1. The number of hydrogen-bond donors (Lipinski definition) is 1. The molecular formula is C29H29NOS. The van der Waals surface area contributed by atoms with E-state index >= 15 is 0 Å². The lowest BCUT2D eigenvalue weighted by Gasteiger charge is -2.11. The lowest BCUT2D eigenvalue weighted by atomic mass is 9.96. The third-order valence-corrected chi connectivity index (χ3v) is 6.82. The molecule has 0 saturated carbocycles. The minimum Gasteiger partial charge on any atom is -0.356 e. The summed E-state index contributed by atoms with van der Waals surface area (Å²) in [6.45, 7) is 6.43. The number of Topliss-reactive ketones (excluding diaryl/α,β-unsaturated/α-hetero) is 1. The molecule has 0 aliphatic rings. The number of carbonyl (C=O) groups is 1. The second-order valence-electron chi connectivity index (χ2n) is 8.60. The number of carbonyl (C=O) groups excluding carboxylic acids is 1. The van der Waals surface area contributed by atoms with Crippen molar-refractivity contribution in [3.8, 4) is 10.4 Å². The minimum atomic E-state index is -0.0369. The van der Waals surface area contributed by atoms with E-state index in [1.54, 1.807) is 11.3 Å². The van der Waals surface area contributed by atoms with E-state index in [-0.39, 0.29) is 11.7 Å². The summed E-state index contributed by atoms with van der Waals surface area (Å²) in [6, 6.07) is 31.2. The van der Waals surface area contributed by atoms with Gasteiger partial charge in [0.1, 0.15) is 0 Å². The molecule has 1 atom stereocenters. The second kappa shape index (κ2) is 9.97. The zero-order chi connectivity index (χ0) is 22.5. The third-order valence-electron chi connectivity index (χ3n) is 5.67. The number of benzene rings is 3. The largest absolute Gasteiger partial charge is 0.356 e. The molecule has 32 heavy (non-hydrogen) atoms. The molecule has 1 aromatic heterocycles. The van der Waals surface area contributed by atoms with Gasteiger partial charge in [0.15, 0.2) is 5.78 Å². The normalized spacial score (nSPS) is 12.0. The van der Waals surface area contributed by atoms with Crippen LogP contribution in [0.2, 0.25) is 0 Å². The van der Waals surface area contributed by atoms with Gasteiger partial charge < -0.3 is 5.32 Å². The zero-order valence-corrected chi connectivity index (χ0v) is 19.7. The highest BCUT2D eigenvalue weighted by Gasteiger charge is 2.18. The summed E-state index contributed by atoms with van der Waals surface area (Å²) in [7, 11) is 0. The molecule has 4 aromatic rings. The second-order valence-corrected chi connectivity index (χ2v) is 9.69. The van der Waals surface area contributed by atoms with Gasteiger partial charge in [-0.15, -0.1) is 11.3 Å². The molecule has 0 saturated heterocycles. The van der Waals surface area contributed by atoms with E-state index in [1.807, 2.05) is 31.2 Å². The first-order valence-corrected chi connectivity index (χ1v) is 12.0. The maximum atomic E-state index is 13.0. The smallest absolute Gasteiger partial charge is 0.175 e. The van der Waals surface area contributed by atoms with Crippen molar-refractivity contribution in [3.63, 3.8) is 0 Å². The van der Waals surface area contributed by atoms with Gasteiger partial charge in [-0.05, 0) is 65.4 Å². The Morgan fingerprint density at radius 1 is 0.812 bits per heavy atom. The van der Waals surface area contributed by atoms with Gasteiger partial charge in [0.25, 0.3) is 0 Å². The number of anilines is 2. The average Bonchev–Trinajstić information content (AvgIpc) is 3.30. The topological polar surface area (TPSA) is 29.1 Å². The maximum absolute atomic E-state index is 13.0. The molecular weight excluding hydrogens is 410 g/mol. The molecule has 0 aliphatic carbocycles. The highest BCUT2D eigenvalue weighted by molar-refractivity contribution is 7.17. The SMILES string of the molecule is CC(Cc1ccccc1)C(=O)c1ccc(-c2cccc(Nc3cccc(C(C)C)c3)c2)s1. The predicted molar refractivity (Wildman–Crippen MR) is 137 cm³/mol. The molecule has 1 unspecified atom stereocenters. The van der Waals surface area contributed by atoms with Crippen molar-refractivity contribution >= 4 is 28.5 Å². The number of hydrogen-bond acceptors (Lipinski definition) is 3. The molecule has 4 rings (SSSR count). The zero-order valence-electron chi connectivity index (χ0n) is 18.8. The Hall–Kier alpha value is -3.17. The summed E-state index contributed by atoms with van der Waals surface area (Å²) in [4.78, 5) is 14.9. The van der Waals surface area contributed by atoms with E-state index in [9.17, 15) is 4.79 Å². The van der Waals surface area contributed by atoms with E-state index in [0.29, 0.717) is 5.92 Å². The number of rotatable bonds is 8. The Balaban J connectivity index is 1.48. The van der Waals surface area contributed by atoms with Crippen molar-refractivity contribution in [1.29, 1.82) is 0 Å². The van der Waals surface area contributed by atoms with Gasteiger partial charge >= 0.3 is 0 Å². The van der Waals surface area contributed by atoms with Gasteiger partial charge in [0, 0.05) is 22.2 Å². The molecule has 0 fully saturated rings. The Morgan fingerprint density at radius 3 is 2.28 bits per heavy atom. The Kier molecular flexibility index (Phi) is 6.87. The van der Waals surface area contributed by atoms with E-state index < -0.39 is 0 Å². The van der Waals surface area contributed by atoms with Crippen molar-refractivity contribution in [1.82, 2.24) is 0 Å². The van der Waals surface area contributed by atoms with Crippen LogP contribution in [0.3, 0.4) is 0 Å². The van der Waals surface area contributed by atoms with Gasteiger partial charge in [-0.1, -0.05) is 75.4 Å². The predicted octanol–water partition coefficient (Wildman–Crippen LogP) is 8.34. The van der Waals surface area contributed by atoms with Crippen LogP contribution in [0, 0.1) is 5.92 Å². The molecule has 1 heterocycles. The quantitative estimate of drug-likeness (QED) is 0.280. The summed E-state index contributed by atoms with van der Waals surface area (Å²) >= 11 is 1.58. The van der Waals surface area contributed by atoms with E-state index in [2.05, 4.69) is 85.9 Å². The third kappa shape index (κ3) is 5.35. The fourth-order valence-electron chi connectivity index (χ4n) is 3.82. The van der Waals surface area contributed by atoms with Gasteiger partial charge in [-0.3, -0.25) is 4.79 Å². The van der Waals surface area contributed by atoms with Gasteiger partial charge in [-0.2, -0.15) is 0 Å². The fraction of sp³-hybridized carbons (Fsp3) is 0.207. The first kappa shape index (κ1) is 22.0. The van der Waals surface area contributed by atoms with Crippen LogP contribution < -0.4 is 5.32 Å². The molecule has 0 radical (unpaired) electrons. The lowest BCUT2D eigenvalue weighted by molar-refractivity contribution is 0.0933. The molecule has 0 spiro atoms. The number of nitrogens with one attached hydrogen (secondary N) is 1. The molecule has 1 N–H and O–H groups in total. The van der Waals surface area contributed by atoms with E-state index in [1.165, 1.54) is 11.1 Å². The molecule has 3 heteroatoms. The molecule has 162 valence electrons. The van der Waals surface area contributed by atoms with Crippen LogP contribution in [0.1, 0.15) is 47.5 Å².